The predicted octanol–water partition coefficient (Wildman–Crippen LogP) is 1.72. The van der Waals surface area contributed by atoms with E-state index in [4.69, 9.17) is 0 Å². The summed E-state index contributed by atoms with van der Waals surface area (Å²) in [5, 5.41) is 9.16. The summed E-state index contributed by atoms with van der Waals surface area (Å²) in [7, 11) is 1.64. The number of guanidine groups is 1. The minimum Gasteiger partial charge on any atom is -0.359 e. The summed E-state index contributed by atoms with van der Waals surface area (Å²) in [6.07, 6.45) is 4.85. The van der Waals surface area contributed by atoms with Crippen molar-refractivity contribution in [1.82, 2.24) is 20.9 Å². The van der Waals surface area contributed by atoms with E-state index in [-0.39, 0.29) is 35.8 Å². The predicted molar refractivity (Wildman–Crippen MR) is 117 cm³/mol. The maximum atomic E-state index is 12.0. The maximum absolute atomic E-state index is 12.0. The summed E-state index contributed by atoms with van der Waals surface area (Å²) >= 11 is 0. The molecule has 1 saturated heterocycles. The molecule has 3 N–H and O–H groups in total. The molecule has 26 heavy (non-hydrogen) atoms. The molecule has 0 saturated carbocycles. The van der Waals surface area contributed by atoms with E-state index in [9.17, 15) is 9.59 Å². The van der Waals surface area contributed by atoms with Crippen LogP contribution < -0.4 is 16.0 Å². The molecule has 1 aliphatic heterocycles. The van der Waals surface area contributed by atoms with Gasteiger partial charge in [-0.25, -0.2) is 0 Å². The van der Waals surface area contributed by atoms with Crippen LogP contribution in [0.1, 0.15) is 52.9 Å². The quantitative estimate of drug-likeness (QED) is 0.213. The molecule has 0 aromatic heterocycles. The summed E-state index contributed by atoms with van der Waals surface area (Å²) in [6, 6.07) is 0. The summed E-state index contributed by atoms with van der Waals surface area (Å²) in [5.41, 5.74) is -0.546. The Morgan fingerprint density at radius 3 is 2.62 bits per heavy atom. The van der Waals surface area contributed by atoms with Crippen LogP contribution in [-0.2, 0) is 9.59 Å². The number of nitrogens with zero attached hydrogens (tertiary/aromatic N) is 2. The SMILES string of the molecule is CCNC(=NCC(C)(C)C(=O)NC)NCCCN1CCCCCC1=O.I. The second-order valence-electron chi connectivity index (χ2n) is 7.13. The maximum Gasteiger partial charge on any atom is 0.227 e. The number of carbonyl (C=O) groups excluding carboxylic acids is 2. The Morgan fingerprint density at radius 2 is 1.96 bits per heavy atom. The molecule has 0 aliphatic carbocycles. The minimum atomic E-state index is -0.546. The zero-order valence-electron chi connectivity index (χ0n) is 16.7. The van der Waals surface area contributed by atoms with E-state index in [1.54, 1.807) is 7.05 Å². The second kappa shape index (κ2) is 13.2. The Labute approximate surface area is 175 Å². The van der Waals surface area contributed by atoms with Crippen LogP contribution in [0.2, 0.25) is 0 Å². The highest BCUT2D eigenvalue weighted by atomic mass is 127. The monoisotopic (exact) mass is 481 g/mol. The molecule has 0 aromatic rings. The van der Waals surface area contributed by atoms with E-state index in [0.29, 0.717) is 18.9 Å². The molecule has 0 aromatic carbocycles. The van der Waals surface area contributed by atoms with Crippen LogP contribution in [0.25, 0.3) is 0 Å². The van der Waals surface area contributed by atoms with E-state index < -0.39 is 5.41 Å². The molecule has 7 nitrogen and oxygen atoms in total. The smallest absolute Gasteiger partial charge is 0.227 e. The lowest BCUT2D eigenvalue weighted by Crippen LogP contribution is -2.42. The van der Waals surface area contributed by atoms with Gasteiger partial charge in [0.1, 0.15) is 0 Å². The molecule has 0 atom stereocenters. The highest BCUT2D eigenvalue weighted by molar-refractivity contribution is 14.0. The highest BCUT2D eigenvalue weighted by Gasteiger charge is 2.26. The second-order valence-corrected chi connectivity index (χ2v) is 7.13. The Balaban J connectivity index is 0.00000625. The van der Waals surface area contributed by atoms with Crippen molar-refractivity contribution in [2.24, 2.45) is 10.4 Å². The summed E-state index contributed by atoms with van der Waals surface area (Å²) < 4.78 is 0. The van der Waals surface area contributed by atoms with Crippen molar-refractivity contribution in [1.29, 1.82) is 0 Å². The zero-order chi connectivity index (χ0) is 18.7. The van der Waals surface area contributed by atoms with Crippen LogP contribution >= 0.6 is 24.0 Å². The summed E-state index contributed by atoms with van der Waals surface area (Å²) in [5.74, 6) is 0.971. The van der Waals surface area contributed by atoms with Gasteiger partial charge >= 0.3 is 0 Å². The number of likely N-dealkylation sites (tertiary alicyclic amines) is 1. The molecule has 1 rings (SSSR count). The average molecular weight is 481 g/mol. The third-order valence-corrected chi connectivity index (χ3v) is 4.39. The van der Waals surface area contributed by atoms with Gasteiger partial charge in [-0.2, -0.15) is 0 Å². The van der Waals surface area contributed by atoms with Gasteiger partial charge in [0.25, 0.3) is 0 Å². The van der Waals surface area contributed by atoms with Gasteiger partial charge in [0.2, 0.25) is 11.8 Å². The Kier molecular flexibility index (Phi) is 12.6. The third-order valence-electron chi connectivity index (χ3n) is 4.39. The highest BCUT2D eigenvalue weighted by Crippen LogP contribution is 2.15. The number of nitrogens with one attached hydrogen (secondary N) is 3. The van der Waals surface area contributed by atoms with Crippen LogP contribution in [0, 0.1) is 5.41 Å². The molecule has 0 spiro atoms. The number of aliphatic imine (C=N–C) groups is 1. The van der Waals surface area contributed by atoms with Crippen LogP contribution in [0.3, 0.4) is 0 Å². The largest absolute Gasteiger partial charge is 0.359 e. The first kappa shape index (κ1) is 24.9. The number of hydrogen-bond donors (Lipinski definition) is 3. The number of amides is 2. The Bertz CT molecular complexity index is 468. The van der Waals surface area contributed by atoms with Crippen molar-refractivity contribution in [2.75, 3.05) is 39.8 Å². The summed E-state index contributed by atoms with van der Waals surface area (Å²) in [6.45, 7) is 9.35. The Morgan fingerprint density at radius 1 is 1.23 bits per heavy atom. The molecular weight excluding hydrogens is 445 g/mol. The van der Waals surface area contributed by atoms with Crippen molar-refractivity contribution in [2.45, 2.75) is 52.9 Å². The molecule has 1 aliphatic rings. The van der Waals surface area contributed by atoms with Gasteiger partial charge in [0.05, 0.1) is 12.0 Å². The standard InChI is InChI=1S/C18H35N5O2.HI/c1-5-20-17(22-14-18(2,3)16(25)19-4)21-11-9-13-23-12-8-6-7-10-15(23)24;/h5-14H2,1-4H3,(H,19,25)(H2,20,21,22);1H. The lowest BCUT2D eigenvalue weighted by Gasteiger charge is -2.22. The minimum absolute atomic E-state index is 0. The first-order chi connectivity index (χ1) is 11.9. The number of rotatable bonds is 8. The van der Waals surface area contributed by atoms with Gasteiger partial charge in [-0.3, -0.25) is 14.6 Å². The van der Waals surface area contributed by atoms with Gasteiger partial charge in [-0.05, 0) is 40.0 Å². The van der Waals surface area contributed by atoms with Crippen LogP contribution in [0.15, 0.2) is 4.99 Å². The lowest BCUT2D eigenvalue weighted by atomic mass is 9.93. The third kappa shape index (κ3) is 9.05. The van der Waals surface area contributed by atoms with Crippen LogP contribution in [-0.4, -0.2) is 62.4 Å². The van der Waals surface area contributed by atoms with E-state index in [1.807, 2.05) is 25.7 Å². The van der Waals surface area contributed by atoms with Crippen LogP contribution in [0.5, 0.6) is 0 Å². The molecule has 1 heterocycles. The van der Waals surface area contributed by atoms with Gasteiger partial charge in [0, 0.05) is 39.6 Å². The van der Waals surface area contributed by atoms with Gasteiger partial charge in [-0.1, -0.05) is 6.42 Å². The Hall–Kier alpha value is -1.06. The molecule has 152 valence electrons. The molecule has 0 unspecified atom stereocenters. The number of carbonyl (C=O) groups is 2. The normalized spacial score (nSPS) is 15.8. The molecule has 8 heteroatoms. The van der Waals surface area contributed by atoms with Gasteiger partial charge < -0.3 is 20.9 Å². The molecular formula is C18H36IN5O2. The van der Waals surface area contributed by atoms with Crippen molar-refractivity contribution in [3.63, 3.8) is 0 Å². The molecule has 0 radical (unpaired) electrons. The number of halogens is 1. The van der Waals surface area contributed by atoms with Gasteiger partial charge in [0.15, 0.2) is 5.96 Å². The summed E-state index contributed by atoms with van der Waals surface area (Å²) in [4.78, 5) is 30.3. The van der Waals surface area contributed by atoms with Crippen LogP contribution in [0.4, 0.5) is 0 Å². The van der Waals surface area contributed by atoms with Gasteiger partial charge in [-0.15, -0.1) is 24.0 Å². The number of hydrogen-bond acceptors (Lipinski definition) is 3. The van der Waals surface area contributed by atoms with Crippen molar-refractivity contribution < 1.29 is 9.59 Å². The van der Waals surface area contributed by atoms with E-state index in [0.717, 1.165) is 51.9 Å². The lowest BCUT2D eigenvalue weighted by molar-refractivity contribution is -0.130. The van der Waals surface area contributed by atoms with E-state index >= 15 is 0 Å². The van der Waals surface area contributed by atoms with E-state index in [1.165, 1.54) is 0 Å². The van der Waals surface area contributed by atoms with Crippen molar-refractivity contribution in [3.8, 4) is 0 Å². The van der Waals surface area contributed by atoms with Crippen molar-refractivity contribution >= 4 is 41.8 Å². The fraction of sp³-hybridized carbons (Fsp3) is 0.833. The molecule has 1 fully saturated rings. The van der Waals surface area contributed by atoms with E-state index in [2.05, 4.69) is 20.9 Å². The fourth-order valence-electron chi connectivity index (χ4n) is 2.78. The zero-order valence-corrected chi connectivity index (χ0v) is 19.0. The average Bonchev–Trinajstić information content (AvgIpc) is 2.80. The fourth-order valence-corrected chi connectivity index (χ4v) is 2.78. The molecule has 2 amide bonds. The van der Waals surface area contributed by atoms with Crippen molar-refractivity contribution in [3.05, 3.63) is 0 Å². The molecule has 0 bridgehead atoms. The first-order valence-electron chi connectivity index (χ1n) is 9.43. The topological polar surface area (TPSA) is 85.8 Å². The first-order valence-corrected chi connectivity index (χ1v) is 9.43.